The summed E-state index contributed by atoms with van der Waals surface area (Å²) in [6, 6.07) is 13.1. The Bertz CT molecular complexity index is 577. The summed E-state index contributed by atoms with van der Waals surface area (Å²) in [5.41, 5.74) is 5.51. The van der Waals surface area contributed by atoms with Gasteiger partial charge >= 0.3 is 0 Å². The molecule has 0 saturated heterocycles. The van der Waals surface area contributed by atoms with Crippen molar-refractivity contribution in [2.75, 3.05) is 0 Å². The Labute approximate surface area is 124 Å². The Hall–Kier alpha value is -0.860. The second-order valence-electron chi connectivity index (χ2n) is 4.54. The maximum atomic E-state index is 3.89. The minimum atomic E-state index is 0.433. The largest absolute Gasteiger partial charge is 0.103 e. The third kappa shape index (κ3) is 1.88. The zero-order valence-electron chi connectivity index (χ0n) is 9.79. The SMILES string of the molecule is C=CCC1c2cc(Br)ccc2-c2ccc(Br)cc21. The lowest BCUT2D eigenvalue weighted by Crippen LogP contribution is -1.94. The first-order chi connectivity index (χ1) is 8.70. The van der Waals surface area contributed by atoms with Gasteiger partial charge in [-0.1, -0.05) is 50.1 Å². The lowest BCUT2D eigenvalue weighted by Gasteiger charge is -2.11. The van der Waals surface area contributed by atoms with Crippen LogP contribution < -0.4 is 0 Å². The predicted octanol–water partition coefficient (Wildman–Crippen LogP) is 5.90. The fourth-order valence-electron chi connectivity index (χ4n) is 2.72. The van der Waals surface area contributed by atoms with Crippen LogP contribution in [0.5, 0.6) is 0 Å². The van der Waals surface area contributed by atoms with E-state index in [0.717, 1.165) is 15.4 Å². The molecule has 0 bridgehead atoms. The summed E-state index contributed by atoms with van der Waals surface area (Å²) in [5.74, 6) is 0.433. The van der Waals surface area contributed by atoms with Crippen LogP contribution >= 0.6 is 31.9 Å². The van der Waals surface area contributed by atoms with Gasteiger partial charge in [0.05, 0.1) is 0 Å². The highest BCUT2D eigenvalue weighted by Gasteiger charge is 2.27. The van der Waals surface area contributed by atoms with Gasteiger partial charge in [0.25, 0.3) is 0 Å². The molecule has 0 atom stereocenters. The normalized spacial score (nSPS) is 13.2. The fraction of sp³-hybridized carbons (Fsp3) is 0.125. The molecule has 0 nitrogen and oxygen atoms in total. The van der Waals surface area contributed by atoms with Gasteiger partial charge in [-0.05, 0) is 52.9 Å². The Morgan fingerprint density at radius 3 is 1.89 bits per heavy atom. The van der Waals surface area contributed by atoms with E-state index >= 15 is 0 Å². The van der Waals surface area contributed by atoms with Gasteiger partial charge in [0.15, 0.2) is 0 Å². The van der Waals surface area contributed by atoms with Crippen LogP contribution in [0.15, 0.2) is 58.0 Å². The Balaban J connectivity index is 2.25. The zero-order chi connectivity index (χ0) is 12.7. The molecule has 0 aromatic heterocycles. The number of rotatable bonds is 2. The van der Waals surface area contributed by atoms with Crippen LogP contribution in [0, 0.1) is 0 Å². The van der Waals surface area contributed by atoms with E-state index < -0.39 is 0 Å². The van der Waals surface area contributed by atoms with Crippen molar-refractivity contribution >= 4 is 31.9 Å². The summed E-state index contributed by atoms with van der Waals surface area (Å²) >= 11 is 7.14. The molecule has 1 aliphatic rings. The van der Waals surface area contributed by atoms with E-state index in [2.05, 4.69) is 74.8 Å². The van der Waals surface area contributed by atoms with Gasteiger partial charge in [0.2, 0.25) is 0 Å². The molecule has 2 heteroatoms. The summed E-state index contributed by atoms with van der Waals surface area (Å²) in [4.78, 5) is 0. The first-order valence-corrected chi connectivity index (χ1v) is 7.49. The summed E-state index contributed by atoms with van der Waals surface area (Å²) in [7, 11) is 0. The molecule has 3 rings (SSSR count). The molecular weight excluding hydrogens is 352 g/mol. The Kier molecular flexibility index (Phi) is 3.16. The molecule has 0 amide bonds. The summed E-state index contributed by atoms with van der Waals surface area (Å²) in [6.07, 6.45) is 2.98. The molecule has 0 heterocycles. The van der Waals surface area contributed by atoms with Gasteiger partial charge in [-0.2, -0.15) is 0 Å². The van der Waals surface area contributed by atoms with Gasteiger partial charge < -0.3 is 0 Å². The number of fused-ring (bicyclic) bond motifs is 3. The summed E-state index contributed by atoms with van der Waals surface area (Å²) in [5, 5.41) is 0. The molecule has 2 aromatic carbocycles. The van der Waals surface area contributed by atoms with E-state index in [0.29, 0.717) is 5.92 Å². The quantitative estimate of drug-likeness (QED) is 0.582. The van der Waals surface area contributed by atoms with Gasteiger partial charge in [0, 0.05) is 14.9 Å². The molecule has 0 saturated carbocycles. The minimum Gasteiger partial charge on any atom is -0.103 e. The smallest absolute Gasteiger partial charge is 0.0178 e. The molecule has 0 N–H and O–H groups in total. The monoisotopic (exact) mass is 362 g/mol. The van der Waals surface area contributed by atoms with E-state index in [1.807, 2.05) is 6.08 Å². The molecule has 2 aromatic rings. The lowest BCUT2D eigenvalue weighted by molar-refractivity contribution is 0.854. The van der Waals surface area contributed by atoms with Crippen LogP contribution in [0.4, 0.5) is 0 Å². The highest BCUT2D eigenvalue weighted by Crippen LogP contribution is 2.47. The fourth-order valence-corrected chi connectivity index (χ4v) is 3.48. The van der Waals surface area contributed by atoms with Gasteiger partial charge in [-0.25, -0.2) is 0 Å². The van der Waals surface area contributed by atoms with Crippen molar-refractivity contribution in [3.8, 4) is 11.1 Å². The Morgan fingerprint density at radius 1 is 0.944 bits per heavy atom. The van der Waals surface area contributed by atoms with Crippen molar-refractivity contribution in [1.29, 1.82) is 0 Å². The van der Waals surface area contributed by atoms with Crippen molar-refractivity contribution in [2.24, 2.45) is 0 Å². The highest BCUT2D eigenvalue weighted by atomic mass is 79.9. The molecular formula is C16H12Br2. The van der Waals surface area contributed by atoms with Crippen molar-refractivity contribution < 1.29 is 0 Å². The van der Waals surface area contributed by atoms with Crippen LogP contribution in [0.3, 0.4) is 0 Å². The average molecular weight is 364 g/mol. The molecule has 90 valence electrons. The number of halogens is 2. The van der Waals surface area contributed by atoms with Gasteiger partial charge in [0.1, 0.15) is 0 Å². The molecule has 0 radical (unpaired) electrons. The molecule has 0 aliphatic heterocycles. The molecule has 0 spiro atoms. The molecule has 0 unspecified atom stereocenters. The highest BCUT2D eigenvalue weighted by molar-refractivity contribution is 9.10. The van der Waals surface area contributed by atoms with Gasteiger partial charge in [-0.3, -0.25) is 0 Å². The van der Waals surface area contributed by atoms with Crippen molar-refractivity contribution in [1.82, 2.24) is 0 Å². The van der Waals surface area contributed by atoms with E-state index in [1.165, 1.54) is 22.3 Å². The molecule has 1 aliphatic carbocycles. The second-order valence-corrected chi connectivity index (χ2v) is 6.37. The van der Waals surface area contributed by atoms with Crippen molar-refractivity contribution in [3.05, 3.63) is 69.1 Å². The first kappa shape index (κ1) is 12.2. The average Bonchev–Trinajstić information content (AvgIpc) is 2.63. The molecule has 18 heavy (non-hydrogen) atoms. The summed E-state index contributed by atoms with van der Waals surface area (Å²) < 4.78 is 2.28. The maximum Gasteiger partial charge on any atom is 0.0178 e. The maximum absolute atomic E-state index is 3.89. The third-order valence-corrected chi connectivity index (χ3v) is 4.46. The van der Waals surface area contributed by atoms with Crippen LogP contribution in [0.25, 0.3) is 11.1 Å². The van der Waals surface area contributed by atoms with Crippen LogP contribution in [-0.4, -0.2) is 0 Å². The minimum absolute atomic E-state index is 0.433. The van der Waals surface area contributed by atoms with Crippen LogP contribution in [-0.2, 0) is 0 Å². The second kappa shape index (κ2) is 4.67. The number of hydrogen-bond acceptors (Lipinski definition) is 0. The van der Waals surface area contributed by atoms with E-state index in [1.54, 1.807) is 0 Å². The number of hydrogen-bond donors (Lipinski definition) is 0. The summed E-state index contributed by atoms with van der Waals surface area (Å²) in [6.45, 7) is 3.89. The number of benzene rings is 2. The first-order valence-electron chi connectivity index (χ1n) is 5.91. The van der Waals surface area contributed by atoms with Crippen LogP contribution in [0.1, 0.15) is 23.5 Å². The van der Waals surface area contributed by atoms with E-state index in [-0.39, 0.29) is 0 Å². The van der Waals surface area contributed by atoms with E-state index in [9.17, 15) is 0 Å². The standard InChI is InChI=1S/C16H12Br2/c1-2-3-12-15-8-10(17)4-6-13(15)14-7-5-11(18)9-16(12)14/h2,4-9,12H,1,3H2. The topological polar surface area (TPSA) is 0 Å². The Morgan fingerprint density at radius 2 is 1.44 bits per heavy atom. The van der Waals surface area contributed by atoms with Gasteiger partial charge in [-0.15, -0.1) is 6.58 Å². The van der Waals surface area contributed by atoms with Crippen molar-refractivity contribution in [2.45, 2.75) is 12.3 Å². The van der Waals surface area contributed by atoms with Crippen LogP contribution in [0.2, 0.25) is 0 Å². The number of allylic oxidation sites excluding steroid dienone is 1. The van der Waals surface area contributed by atoms with E-state index in [4.69, 9.17) is 0 Å². The zero-order valence-corrected chi connectivity index (χ0v) is 13.0. The lowest BCUT2D eigenvalue weighted by atomic mass is 9.94. The third-order valence-electron chi connectivity index (χ3n) is 3.47. The predicted molar refractivity (Wildman–Crippen MR) is 83.9 cm³/mol. The van der Waals surface area contributed by atoms with Crippen molar-refractivity contribution in [3.63, 3.8) is 0 Å². The molecule has 0 fully saturated rings.